The number of fused-ring (bicyclic) bond motifs is 1. The highest BCUT2D eigenvalue weighted by Crippen LogP contribution is 2.23. The summed E-state index contributed by atoms with van der Waals surface area (Å²) in [6.45, 7) is 5.76. The SMILES string of the molecule is C=C(C)/C=C/c1cccc2c(C/C(=N\O)C(N)=O)c[nH]c12. The van der Waals surface area contributed by atoms with Crippen molar-refractivity contribution in [1.82, 2.24) is 4.98 Å². The Bertz CT molecular complexity index is 754. The molecule has 1 aromatic heterocycles. The van der Waals surface area contributed by atoms with Crippen molar-refractivity contribution >= 4 is 28.6 Å². The Hall–Kier alpha value is -2.82. The number of para-hydroxylation sites is 1. The molecular weight excluding hydrogens is 266 g/mol. The lowest BCUT2D eigenvalue weighted by atomic mass is 10.0. The zero-order chi connectivity index (χ0) is 15.4. The van der Waals surface area contributed by atoms with Gasteiger partial charge in [0.15, 0.2) is 0 Å². The van der Waals surface area contributed by atoms with Crippen LogP contribution in [0, 0.1) is 0 Å². The van der Waals surface area contributed by atoms with Gasteiger partial charge in [-0.05, 0) is 18.1 Å². The van der Waals surface area contributed by atoms with E-state index in [1.807, 2.05) is 37.3 Å². The fourth-order valence-corrected chi connectivity index (χ4v) is 2.11. The van der Waals surface area contributed by atoms with E-state index >= 15 is 0 Å². The average Bonchev–Trinajstić information content (AvgIpc) is 2.85. The summed E-state index contributed by atoms with van der Waals surface area (Å²) in [4.78, 5) is 14.3. The van der Waals surface area contributed by atoms with Gasteiger partial charge in [0.1, 0.15) is 5.71 Å². The molecule has 0 aliphatic heterocycles. The van der Waals surface area contributed by atoms with Crippen molar-refractivity contribution in [2.75, 3.05) is 0 Å². The topological polar surface area (TPSA) is 91.5 Å². The number of rotatable bonds is 5. The fourth-order valence-electron chi connectivity index (χ4n) is 2.11. The Morgan fingerprint density at radius 3 is 2.90 bits per heavy atom. The molecule has 21 heavy (non-hydrogen) atoms. The smallest absolute Gasteiger partial charge is 0.266 e. The van der Waals surface area contributed by atoms with Crippen molar-refractivity contribution in [3.05, 3.63) is 53.8 Å². The van der Waals surface area contributed by atoms with Gasteiger partial charge in [-0.1, -0.05) is 47.7 Å². The first-order valence-electron chi connectivity index (χ1n) is 6.46. The van der Waals surface area contributed by atoms with Crippen LogP contribution in [0.25, 0.3) is 17.0 Å². The quantitative estimate of drug-likeness (QED) is 0.340. The number of nitrogens with two attached hydrogens (primary N) is 1. The van der Waals surface area contributed by atoms with E-state index in [1.54, 1.807) is 6.20 Å². The summed E-state index contributed by atoms with van der Waals surface area (Å²) in [6.07, 6.45) is 5.87. The van der Waals surface area contributed by atoms with Crippen LogP contribution in [-0.4, -0.2) is 21.8 Å². The summed E-state index contributed by atoms with van der Waals surface area (Å²) in [5, 5.41) is 12.7. The van der Waals surface area contributed by atoms with E-state index in [9.17, 15) is 4.79 Å². The van der Waals surface area contributed by atoms with E-state index in [0.29, 0.717) is 0 Å². The predicted molar refractivity (Wildman–Crippen MR) is 84.3 cm³/mol. The number of benzene rings is 1. The lowest BCUT2D eigenvalue weighted by Gasteiger charge is -2.01. The molecule has 0 saturated heterocycles. The van der Waals surface area contributed by atoms with E-state index in [0.717, 1.165) is 27.6 Å². The van der Waals surface area contributed by atoms with Gasteiger partial charge in [-0.25, -0.2) is 0 Å². The number of carbonyl (C=O) groups is 1. The van der Waals surface area contributed by atoms with Crippen LogP contribution >= 0.6 is 0 Å². The minimum Gasteiger partial charge on any atom is -0.410 e. The minimum atomic E-state index is -0.731. The first kappa shape index (κ1) is 14.6. The zero-order valence-electron chi connectivity index (χ0n) is 11.8. The van der Waals surface area contributed by atoms with Crippen molar-refractivity contribution in [1.29, 1.82) is 0 Å². The molecule has 5 nitrogen and oxygen atoms in total. The minimum absolute atomic E-state index is 0.0706. The monoisotopic (exact) mass is 283 g/mol. The van der Waals surface area contributed by atoms with Gasteiger partial charge in [-0.2, -0.15) is 0 Å². The van der Waals surface area contributed by atoms with Crippen LogP contribution in [0.2, 0.25) is 0 Å². The van der Waals surface area contributed by atoms with Crippen molar-refractivity contribution in [2.45, 2.75) is 13.3 Å². The number of carbonyl (C=O) groups excluding carboxylic acids is 1. The number of nitrogens with one attached hydrogen (secondary N) is 1. The molecule has 108 valence electrons. The average molecular weight is 283 g/mol. The maximum Gasteiger partial charge on any atom is 0.266 e. The molecular formula is C16H17N3O2. The third-order valence-electron chi connectivity index (χ3n) is 3.14. The number of aromatic amines is 1. The number of nitrogens with zero attached hydrogens (tertiary/aromatic N) is 1. The number of amides is 1. The summed E-state index contributed by atoms with van der Waals surface area (Å²) in [5.41, 5.74) is 8.86. The Labute approximate surface area is 122 Å². The van der Waals surface area contributed by atoms with Crippen LogP contribution in [0.15, 0.2) is 47.8 Å². The number of oxime groups is 1. The van der Waals surface area contributed by atoms with Crippen LogP contribution in [-0.2, 0) is 11.2 Å². The number of aromatic nitrogens is 1. The third kappa shape index (κ3) is 3.20. The molecule has 0 fully saturated rings. The van der Waals surface area contributed by atoms with Crippen LogP contribution in [0.3, 0.4) is 0 Å². The Morgan fingerprint density at radius 1 is 1.52 bits per heavy atom. The number of hydrogen-bond donors (Lipinski definition) is 3. The molecule has 0 saturated carbocycles. The zero-order valence-corrected chi connectivity index (χ0v) is 11.8. The fraction of sp³-hybridized carbons (Fsp3) is 0.125. The molecule has 0 aliphatic rings. The maximum absolute atomic E-state index is 11.1. The van der Waals surface area contributed by atoms with Crippen LogP contribution in [0.4, 0.5) is 0 Å². The Morgan fingerprint density at radius 2 is 2.29 bits per heavy atom. The molecule has 0 bridgehead atoms. The second kappa shape index (κ2) is 6.09. The third-order valence-corrected chi connectivity index (χ3v) is 3.14. The van der Waals surface area contributed by atoms with E-state index < -0.39 is 5.91 Å². The summed E-state index contributed by atoms with van der Waals surface area (Å²) >= 11 is 0. The molecule has 4 N–H and O–H groups in total. The van der Waals surface area contributed by atoms with E-state index in [4.69, 9.17) is 10.9 Å². The molecule has 2 rings (SSSR count). The van der Waals surface area contributed by atoms with E-state index in [-0.39, 0.29) is 12.1 Å². The van der Waals surface area contributed by atoms with Gasteiger partial charge in [0.2, 0.25) is 0 Å². The van der Waals surface area contributed by atoms with Crippen molar-refractivity contribution < 1.29 is 10.0 Å². The highest BCUT2D eigenvalue weighted by Gasteiger charge is 2.13. The largest absolute Gasteiger partial charge is 0.410 e. The molecule has 1 aromatic carbocycles. The number of allylic oxidation sites excluding steroid dienone is 2. The van der Waals surface area contributed by atoms with E-state index in [2.05, 4.69) is 16.7 Å². The maximum atomic E-state index is 11.1. The number of hydrogen-bond acceptors (Lipinski definition) is 3. The summed E-state index contributed by atoms with van der Waals surface area (Å²) < 4.78 is 0. The van der Waals surface area contributed by atoms with E-state index in [1.165, 1.54) is 0 Å². The highest BCUT2D eigenvalue weighted by atomic mass is 16.4. The molecule has 0 radical (unpaired) electrons. The lowest BCUT2D eigenvalue weighted by molar-refractivity contribution is -0.112. The van der Waals surface area contributed by atoms with Crippen LogP contribution < -0.4 is 5.73 Å². The molecule has 0 aliphatic carbocycles. The van der Waals surface area contributed by atoms with Crippen LogP contribution in [0.5, 0.6) is 0 Å². The second-order valence-electron chi connectivity index (χ2n) is 4.85. The first-order valence-corrected chi connectivity index (χ1v) is 6.46. The number of H-pyrrole nitrogens is 1. The second-order valence-corrected chi connectivity index (χ2v) is 4.85. The predicted octanol–water partition coefficient (Wildman–Crippen LogP) is 2.62. The normalized spacial score (nSPS) is 12.1. The van der Waals surface area contributed by atoms with Crippen molar-refractivity contribution in [3.8, 4) is 0 Å². The van der Waals surface area contributed by atoms with Gasteiger partial charge < -0.3 is 15.9 Å². The van der Waals surface area contributed by atoms with Gasteiger partial charge in [0, 0.05) is 18.0 Å². The van der Waals surface area contributed by atoms with Gasteiger partial charge in [0.05, 0.1) is 5.52 Å². The molecule has 0 spiro atoms. The molecule has 1 amide bonds. The molecule has 5 heteroatoms. The summed E-state index contributed by atoms with van der Waals surface area (Å²) in [6, 6.07) is 5.85. The van der Waals surface area contributed by atoms with Crippen molar-refractivity contribution in [2.24, 2.45) is 10.9 Å². The first-order chi connectivity index (χ1) is 10.0. The molecule has 2 aromatic rings. The van der Waals surface area contributed by atoms with Gasteiger partial charge in [-0.15, -0.1) is 0 Å². The Balaban J connectivity index is 2.43. The molecule has 0 atom stereocenters. The summed E-state index contributed by atoms with van der Waals surface area (Å²) in [7, 11) is 0. The van der Waals surface area contributed by atoms with Gasteiger partial charge in [-0.3, -0.25) is 4.79 Å². The molecule has 0 unspecified atom stereocenters. The lowest BCUT2D eigenvalue weighted by Crippen LogP contribution is -2.25. The standard InChI is InChI=1S/C16H17N3O2/c1-10(2)6-7-11-4-3-5-13-12(9-18-15(11)13)8-14(19-21)16(17)20/h3-7,9,18,21H,1,8H2,2H3,(H2,17,20)/b7-6+,19-14+. The van der Waals surface area contributed by atoms with Crippen molar-refractivity contribution in [3.63, 3.8) is 0 Å². The Kier molecular flexibility index (Phi) is 4.23. The number of primary amides is 1. The van der Waals surface area contributed by atoms with Gasteiger partial charge in [0.25, 0.3) is 5.91 Å². The van der Waals surface area contributed by atoms with Gasteiger partial charge >= 0.3 is 0 Å². The highest BCUT2D eigenvalue weighted by molar-refractivity contribution is 6.38. The molecule has 1 heterocycles. The summed E-state index contributed by atoms with van der Waals surface area (Å²) in [5.74, 6) is -0.731. The van der Waals surface area contributed by atoms with Crippen LogP contribution in [0.1, 0.15) is 18.1 Å².